The van der Waals surface area contributed by atoms with Crippen LogP contribution >= 0.6 is 11.3 Å². The summed E-state index contributed by atoms with van der Waals surface area (Å²) in [5.74, 6) is 0.132. The lowest BCUT2D eigenvalue weighted by atomic mass is 10.1. The fraction of sp³-hybridized carbons (Fsp3) is 0.522. The van der Waals surface area contributed by atoms with E-state index in [0.29, 0.717) is 11.7 Å². The highest BCUT2D eigenvalue weighted by molar-refractivity contribution is 7.15. The maximum atomic E-state index is 13.3. The molecule has 1 saturated carbocycles. The minimum atomic E-state index is -0.189. The largest absolute Gasteiger partial charge is 0.379 e. The number of rotatable bonds is 9. The number of amides is 2. The summed E-state index contributed by atoms with van der Waals surface area (Å²) in [6.07, 6.45) is 3.44. The summed E-state index contributed by atoms with van der Waals surface area (Å²) in [4.78, 5) is 35.2. The number of morpholine rings is 1. The normalized spacial score (nSPS) is 20.9. The second kappa shape index (κ2) is 10.3. The first-order valence-corrected chi connectivity index (χ1v) is 11.8. The molecular weight excluding hydrogens is 412 g/mol. The molecule has 0 bridgehead atoms. The number of aromatic nitrogens is 1. The van der Waals surface area contributed by atoms with E-state index in [0.717, 1.165) is 50.6 Å². The third-order valence-electron chi connectivity index (χ3n) is 5.86. The summed E-state index contributed by atoms with van der Waals surface area (Å²) in [7, 11) is 0. The van der Waals surface area contributed by atoms with Crippen LogP contribution in [0.5, 0.6) is 0 Å². The molecule has 1 aliphatic heterocycles. The molecule has 0 spiro atoms. The average molecular weight is 443 g/mol. The SMILES string of the molecule is Cc1cnc(NC(=O)CN(CCCN2CCOCC2)C(=O)C2CC2c2ccccc2)s1. The van der Waals surface area contributed by atoms with Gasteiger partial charge in [0.2, 0.25) is 11.8 Å². The van der Waals surface area contributed by atoms with Crippen molar-refractivity contribution in [2.75, 3.05) is 51.3 Å². The molecule has 2 aromatic rings. The number of nitrogens with one attached hydrogen (secondary N) is 1. The van der Waals surface area contributed by atoms with Crippen molar-refractivity contribution in [1.29, 1.82) is 0 Å². The fourth-order valence-electron chi connectivity index (χ4n) is 4.09. The summed E-state index contributed by atoms with van der Waals surface area (Å²) in [6.45, 7) is 6.89. The number of carbonyl (C=O) groups excluding carboxylic acids is 2. The lowest BCUT2D eigenvalue weighted by Crippen LogP contribution is -2.42. The maximum Gasteiger partial charge on any atom is 0.245 e. The van der Waals surface area contributed by atoms with Crippen molar-refractivity contribution in [1.82, 2.24) is 14.8 Å². The van der Waals surface area contributed by atoms with Crippen LogP contribution in [0.4, 0.5) is 5.13 Å². The third kappa shape index (κ3) is 6.12. The number of ether oxygens (including phenoxy) is 1. The highest BCUT2D eigenvalue weighted by Gasteiger charge is 2.45. The summed E-state index contributed by atoms with van der Waals surface area (Å²) in [5.41, 5.74) is 1.21. The van der Waals surface area contributed by atoms with Crippen molar-refractivity contribution in [3.8, 4) is 0 Å². The van der Waals surface area contributed by atoms with Crippen LogP contribution in [0, 0.1) is 12.8 Å². The molecule has 1 N–H and O–H groups in total. The van der Waals surface area contributed by atoms with Crippen LogP contribution in [0.3, 0.4) is 0 Å². The summed E-state index contributed by atoms with van der Waals surface area (Å²) < 4.78 is 5.41. The summed E-state index contributed by atoms with van der Waals surface area (Å²) in [6, 6.07) is 10.2. The van der Waals surface area contributed by atoms with Gasteiger partial charge in [0.15, 0.2) is 5.13 Å². The molecule has 8 heteroatoms. The number of anilines is 1. The summed E-state index contributed by atoms with van der Waals surface area (Å²) >= 11 is 1.44. The Morgan fingerprint density at radius 3 is 2.74 bits per heavy atom. The first kappa shape index (κ1) is 21.9. The molecule has 166 valence electrons. The zero-order chi connectivity index (χ0) is 21.6. The molecule has 1 aromatic carbocycles. The van der Waals surface area contributed by atoms with Crippen molar-refractivity contribution < 1.29 is 14.3 Å². The summed E-state index contributed by atoms with van der Waals surface area (Å²) in [5, 5.41) is 3.42. The average Bonchev–Trinajstić information content (AvgIpc) is 3.49. The predicted molar refractivity (Wildman–Crippen MR) is 121 cm³/mol. The molecule has 1 aromatic heterocycles. The van der Waals surface area contributed by atoms with Gasteiger partial charge in [-0.05, 0) is 31.2 Å². The van der Waals surface area contributed by atoms with E-state index in [2.05, 4.69) is 27.3 Å². The van der Waals surface area contributed by atoms with Gasteiger partial charge in [0.25, 0.3) is 0 Å². The Morgan fingerprint density at radius 2 is 2.03 bits per heavy atom. The molecule has 7 nitrogen and oxygen atoms in total. The van der Waals surface area contributed by atoms with Gasteiger partial charge in [0, 0.05) is 43.2 Å². The highest BCUT2D eigenvalue weighted by Crippen LogP contribution is 2.48. The van der Waals surface area contributed by atoms with Crippen molar-refractivity contribution in [3.05, 3.63) is 47.0 Å². The van der Waals surface area contributed by atoms with Crippen LogP contribution in [-0.2, 0) is 14.3 Å². The number of carbonyl (C=O) groups is 2. The molecule has 31 heavy (non-hydrogen) atoms. The van der Waals surface area contributed by atoms with Crippen LogP contribution < -0.4 is 5.32 Å². The van der Waals surface area contributed by atoms with Crippen molar-refractivity contribution in [2.24, 2.45) is 5.92 Å². The van der Waals surface area contributed by atoms with Gasteiger partial charge in [-0.2, -0.15) is 0 Å². The van der Waals surface area contributed by atoms with E-state index in [1.54, 1.807) is 11.1 Å². The number of benzene rings is 1. The minimum absolute atomic E-state index is 0.0271. The van der Waals surface area contributed by atoms with E-state index < -0.39 is 0 Å². The molecule has 2 unspecified atom stereocenters. The topological polar surface area (TPSA) is 74.8 Å². The van der Waals surface area contributed by atoms with Gasteiger partial charge in [-0.1, -0.05) is 30.3 Å². The van der Waals surface area contributed by atoms with E-state index in [4.69, 9.17) is 4.74 Å². The van der Waals surface area contributed by atoms with E-state index in [-0.39, 0.29) is 30.2 Å². The Labute approximate surface area is 187 Å². The van der Waals surface area contributed by atoms with Gasteiger partial charge in [0.1, 0.15) is 0 Å². The van der Waals surface area contributed by atoms with Crippen LogP contribution in [0.25, 0.3) is 0 Å². The molecule has 4 rings (SSSR count). The number of thiazole rings is 1. The molecule has 2 aliphatic rings. The lowest BCUT2D eigenvalue weighted by molar-refractivity contribution is -0.136. The maximum absolute atomic E-state index is 13.3. The fourth-order valence-corrected chi connectivity index (χ4v) is 4.77. The number of nitrogens with zero attached hydrogens (tertiary/aromatic N) is 3. The molecule has 2 heterocycles. The minimum Gasteiger partial charge on any atom is -0.379 e. The number of hydrogen-bond donors (Lipinski definition) is 1. The van der Waals surface area contributed by atoms with Gasteiger partial charge >= 0.3 is 0 Å². The van der Waals surface area contributed by atoms with Crippen LogP contribution in [-0.4, -0.2) is 72.5 Å². The van der Waals surface area contributed by atoms with Crippen molar-refractivity contribution in [3.63, 3.8) is 0 Å². The molecule has 2 amide bonds. The zero-order valence-corrected chi connectivity index (χ0v) is 18.8. The van der Waals surface area contributed by atoms with Gasteiger partial charge in [-0.3, -0.25) is 14.5 Å². The quantitative estimate of drug-likeness (QED) is 0.646. The number of hydrogen-bond acceptors (Lipinski definition) is 6. The van der Waals surface area contributed by atoms with E-state index in [1.165, 1.54) is 16.9 Å². The van der Waals surface area contributed by atoms with Crippen LogP contribution in [0.15, 0.2) is 36.5 Å². The van der Waals surface area contributed by atoms with E-state index in [9.17, 15) is 9.59 Å². The standard InChI is InChI=1S/C23H30N4O3S/c1-17-15-24-23(31-17)25-21(28)16-27(9-5-8-26-10-12-30-13-11-26)22(29)20-14-19(20)18-6-3-2-4-7-18/h2-4,6-7,15,19-20H,5,8-14,16H2,1H3,(H,24,25,28). The molecule has 1 aliphatic carbocycles. The first-order valence-electron chi connectivity index (χ1n) is 11.0. The molecule has 2 atom stereocenters. The van der Waals surface area contributed by atoms with Crippen LogP contribution in [0.1, 0.15) is 29.2 Å². The van der Waals surface area contributed by atoms with E-state index >= 15 is 0 Å². The smallest absolute Gasteiger partial charge is 0.245 e. The van der Waals surface area contributed by atoms with Crippen LogP contribution in [0.2, 0.25) is 0 Å². The Morgan fingerprint density at radius 1 is 1.26 bits per heavy atom. The third-order valence-corrected chi connectivity index (χ3v) is 6.68. The Bertz CT molecular complexity index is 882. The Balaban J connectivity index is 1.35. The Kier molecular flexibility index (Phi) is 7.32. The second-order valence-electron chi connectivity index (χ2n) is 8.25. The van der Waals surface area contributed by atoms with Gasteiger partial charge in [-0.15, -0.1) is 11.3 Å². The lowest BCUT2D eigenvalue weighted by Gasteiger charge is -2.28. The highest BCUT2D eigenvalue weighted by atomic mass is 32.1. The van der Waals surface area contributed by atoms with Gasteiger partial charge < -0.3 is 15.0 Å². The monoisotopic (exact) mass is 442 g/mol. The zero-order valence-electron chi connectivity index (χ0n) is 18.0. The second-order valence-corrected chi connectivity index (χ2v) is 9.49. The predicted octanol–water partition coefficient (Wildman–Crippen LogP) is 2.74. The number of aryl methyl sites for hydroxylation is 1. The molecule has 0 radical (unpaired) electrons. The molecule has 2 fully saturated rings. The molecule has 1 saturated heterocycles. The van der Waals surface area contributed by atoms with Crippen molar-refractivity contribution in [2.45, 2.75) is 25.7 Å². The Hall–Kier alpha value is -2.29. The van der Waals surface area contributed by atoms with E-state index in [1.807, 2.05) is 25.1 Å². The van der Waals surface area contributed by atoms with Gasteiger partial charge in [0.05, 0.1) is 19.8 Å². The van der Waals surface area contributed by atoms with Crippen molar-refractivity contribution >= 4 is 28.3 Å². The van der Waals surface area contributed by atoms with Gasteiger partial charge in [-0.25, -0.2) is 4.98 Å². The molecular formula is C23H30N4O3S. The first-order chi connectivity index (χ1) is 15.1.